The molecular weight excluding hydrogens is 246 g/mol. The molecule has 0 fully saturated rings. The smallest absolute Gasteiger partial charge is 0.311 e. The van der Waals surface area contributed by atoms with Crippen LogP contribution in [0.4, 0.5) is 5.69 Å². The SMILES string of the molecule is O=Cc1cc(Cc2ccccc2)cc([N+](=O)[O-])c1O. The Bertz CT molecular complexity index is 623. The lowest BCUT2D eigenvalue weighted by Gasteiger charge is -2.05. The van der Waals surface area contributed by atoms with Crippen molar-refractivity contribution in [2.45, 2.75) is 6.42 Å². The van der Waals surface area contributed by atoms with E-state index in [1.54, 1.807) is 0 Å². The second kappa shape index (κ2) is 5.30. The van der Waals surface area contributed by atoms with Gasteiger partial charge in [-0.05, 0) is 23.6 Å². The van der Waals surface area contributed by atoms with Crippen LogP contribution in [-0.4, -0.2) is 16.3 Å². The molecule has 0 radical (unpaired) electrons. The minimum absolute atomic E-state index is 0.0693. The number of hydrogen-bond acceptors (Lipinski definition) is 4. The third-order valence-corrected chi connectivity index (χ3v) is 2.75. The van der Waals surface area contributed by atoms with E-state index in [-0.39, 0.29) is 5.56 Å². The Morgan fingerprint density at radius 1 is 1.16 bits per heavy atom. The van der Waals surface area contributed by atoms with Gasteiger partial charge in [-0.25, -0.2) is 0 Å². The van der Waals surface area contributed by atoms with Crippen molar-refractivity contribution in [3.05, 3.63) is 69.3 Å². The fourth-order valence-electron chi connectivity index (χ4n) is 1.86. The van der Waals surface area contributed by atoms with Gasteiger partial charge in [-0.3, -0.25) is 14.9 Å². The molecule has 0 atom stereocenters. The van der Waals surface area contributed by atoms with Crippen molar-refractivity contribution in [2.24, 2.45) is 0 Å². The number of nitro groups is 1. The first-order valence-corrected chi connectivity index (χ1v) is 5.61. The van der Waals surface area contributed by atoms with Crippen LogP contribution < -0.4 is 0 Å². The fourth-order valence-corrected chi connectivity index (χ4v) is 1.86. The third kappa shape index (κ3) is 2.77. The predicted octanol–water partition coefficient (Wildman–Crippen LogP) is 2.70. The Hall–Kier alpha value is -2.69. The topological polar surface area (TPSA) is 80.4 Å². The number of hydrogen-bond donors (Lipinski definition) is 1. The Balaban J connectivity index is 2.44. The summed E-state index contributed by atoms with van der Waals surface area (Å²) in [5, 5.41) is 20.4. The van der Waals surface area contributed by atoms with E-state index >= 15 is 0 Å². The van der Waals surface area contributed by atoms with Gasteiger partial charge < -0.3 is 5.11 Å². The van der Waals surface area contributed by atoms with E-state index in [0.717, 1.165) is 5.56 Å². The molecule has 0 amide bonds. The first-order chi connectivity index (χ1) is 9.11. The Kier molecular flexibility index (Phi) is 3.56. The zero-order valence-corrected chi connectivity index (χ0v) is 9.95. The first kappa shape index (κ1) is 12.8. The lowest BCUT2D eigenvalue weighted by atomic mass is 10.0. The van der Waals surface area contributed by atoms with Crippen LogP contribution in [0.1, 0.15) is 21.5 Å². The van der Waals surface area contributed by atoms with Gasteiger partial charge in [0.1, 0.15) is 0 Å². The zero-order valence-electron chi connectivity index (χ0n) is 9.95. The third-order valence-electron chi connectivity index (χ3n) is 2.75. The van der Waals surface area contributed by atoms with Gasteiger partial charge in [-0.15, -0.1) is 0 Å². The van der Waals surface area contributed by atoms with Gasteiger partial charge in [0.15, 0.2) is 6.29 Å². The molecule has 0 aliphatic heterocycles. The highest BCUT2D eigenvalue weighted by molar-refractivity contribution is 5.82. The van der Waals surface area contributed by atoms with Crippen molar-refractivity contribution in [3.63, 3.8) is 0 Å². The zero-order chi connectivity index (χ0) is 13.8. The molecule has 0 aliphatic carbocycles. The molecule has 2 aromatic rings. The van der Waals surface area contributed by atoms with Crippen molar-refractivity contribution in [2.75, 3.05) is 0 Å². The summed E-state index contributed by atoms with van der Waals surface area (Å²) in [5.41, 5.74) is 1.06. The van der Waals surface area contributed by atoms with Gasteiger partial charge in [-0.1, -0.05) is 30.3 Å². The minimum Gasteiger partial charge on any atom is -0.502 e. The average molecular weight is 257 g/mol. The summed E-state index contributed by atoms with van der Waals surface area (Å²) in [6.07, 6.45) is 0.875. The summed E-state index contributed by atoms with van der Waals surface area (Å²) in [7, 11) is 0. The largest absolute Gasteiger partial charge is 0.502 e. The van der Waals surface area contributed by atoms with E-state index in [2.05, 4.69) is 0 Å². The van der Waals surface area contributed by atoms with Gasteiger partial charge in [0, 0.05) is 6.07 Å². The Morgan fingerprint density at radius 2 is 1.84 bits per heavy atom. The van der Waals surface area contributed by atoms with Crippen LogP contribution in [0.5, 0.6) is 5.75 Å². The number of aromatic hydroxyl groups is 1. The maximum absolute atomic E-state index is 10.8. The van der Waals surface area contributed by atoms with Crippen molar-refractivity contribution in [1.29, 1.82) is 0 Å². The molecule has 0 unspecified atom stereocenters. The van der Waals surface area contributed by atoms with Gasteiger partial charge in [0.25, 0.3) is 0 Å². The van der Waals surface area contributed by atoms with Crippen molar-refractivity contribution < 1.29 is 14.8 Å². The van der Waals surface area contributed by atoms with Crippen molar-refractivity contribution in [1.82, 2.24) is 0 Å². The quantitative estimate of drug-likeness (QED) is 0.518. The molecule has 0 spiro atoms. The van der Waals surface area contributed by atoms with Crippen LogP contribution in [0.25, 0.3) is 0 Å². The summed E-state index contributed by atoms with van der Waals surface area (Å²) in [6.45, 7) is 0. The molecule has 5 nitrogen and oxygen atoms in total. The molecule has 0 heterocycles. The standard InChI is InChI=1S/C14H11NO4/c16-9-12-7-11(6-10-4-2-1-3-5-10)8-13(14(12)17)15(18)19/h1-5,7-9,17H,6H2. The number of phenolic OH excluding ortho intramolecular Hbond substituents is 1. The molecule has 96 valence electrons. The number of rotatable bonds is 4. The van der Waals surface area contributed by atoms with Crippen LogP contribution in [0, 0.1) is 10.1 Å². The number of carbonyl (C=O) groups is 1. The second-order valence-corrected chi connectivity index (χ2v) is 4.09. The molecule has 0 saturated heterocycles. The molecule has 2 aromatic carbocycles. The van der Waals surface area contributed by atoms with E-state index in [1.807, 2.05) is 30.3 Å². The maximum Gasteiger partial charge on any atom is 0.311 e. The highest BCUT2D eigenvalue weighted by Crippen LogP contribution is 2.31. The van der Waals surface area contributed by atoms with E-state index < -0.39 is 16.4 Å². The second-order valence-electron chi connectivity index (χ2n) is 4.09. The number of benzene rings is 2. The maximum atomic E-state index is 10.8. The van der Waals surface area contributed by atoms with Gasteiger partial charge in [0.05, 0.1) is 10.5 Å². The minimum atomic E-state index is -0.698. The van der Waals surface area contributed by atoms with Crippen molar-refractivity contribution in [3.8, 4) is 5.75 Å². The monoisotopic (exact) mass is 257 g/mol. The molecular formula is C14H11NO4. The molecule has 19 heavy (non-hydrogen) atoms. The highest BCUT2D eigenvalue weighted by Gasteiger charge is 2.18. The van der Waals surface area contributed by atoms with Crippen LogP contribution >= 0.6 is 0 Å². The summed E-state index contributed by atoms with van der Waals surface area (Å²) in [5.74, 6) is -0.586. The van der Waals surface area contributed by atoms with Crippen LogP contribution in [0.2, 0.25) is 0 Å². The molecule has 1 N–H and O–H groups in total. The molecule has 0 aromatic heterocycles. The summed E-state index contributed by atoms with van der Waals surface area (Å²) in [4.78, 5) is 21.0. The summed E-state index contributed by atoms with van der Waals surface area (Å²) in [6, 6.07) is 12.1. The van der Waals surface area contributed by atoms with E-state index in [0.29, 0.717) is 18.3 Å². The number of nitro benzene ring substituents is 1. The van der Waals surface area contributed by atoms with E-state index in [9.17, 15) is 20.0 Å². The lowest BCUT2D eigenvalue weighted by molar-refractivity contribution is -0.385. The van der Waals surface area contributed by atoms with E-state index in [1.165, 1.54) is 12.1 Å². The first-order valence-electron chi connectivity index (χ1n) is 5.61. The number of carbonyl (C=O) groups excluding carboxylic acids is 1. The molecule has 0 bridgehead atoms. The predicted molar refractivity (Wildman–Crippen MR) is 69.4 cm³/mol. The van der Waals surface area contributed by atoms with Gasteiger partial charge in [0.2, 0.25) is 5.75 Å². The Labute approximate surface area is 109 Å². The lowest BCUT2D eigenvalue weighted by Crippen LogP contribution is -1.96. The molecule has 2 rings (SSSR count). The molecule has 0 saturated carbocycles. The number of nitrogens with zero attached hydrogens (tertiary/aromatic N) is 1. The van der Waals surface area contributed by atoms with Crippen molar-refractivity contribution >= 4 is 12.0 Å². The van der Waals surface area contributed by atoms with Gasteiger partial charge in [-0.2, -0.15) is 0 Å². The van der Waals surface area contributed by atoms with Crippen LogP contribution in [0.15, 0.2) is 42.5 Å². The average Bonchev–Trinajstić information content (AvgIpc) is 2.41. The number of phenols is 1. The fraction of sp³-hybridized carbons (Fsp3) is 0.0714. The van der Waals surface area contributed by atoms with E-state index in [4.69, 9.17) is 0 Å². The number of aldehydes is 1. The summed E-state index contributed by atoms with van der Waals surface area (Å²) < 4.78 is 0. The normalized spacial score (nSPS) is 10.1. The highest BCUT2D eigenvalue weighted by atomic mass is 16.6. The summed E-state index contributed by atoms with van der Waals surface area (Å²) >= 11 is 0. The molecule has 5 heteroatoms. The molecule has 0 aliphatic rings. The van der Waals surface area contributed by atoms with Gasteiger partial charge >= 0.3 is 5.69 Å². The van der Waals surface area contributed by atoms with Crippen LogP contribution in [-0.2, 0) is 6.42 Å². The Morgan fingerprint density at radius 3 is 2.42 bits per heavy atom. The van der Waals surface area contributed by atoms with Crippen LogP contribution in [0.3, 0.4) is 0 Å².